The standard InChI is InChI=1S/C13H11ClN2O2S/c1-16(13(17)10-5-6-18-11(10)14)9-4-2-3-8(7-9)12(15)19/h2-7H,1H3,(H2,15,19). The third-order valence-electron chi connectivity index (χ3n) is 2.67. The van der Waals surface area contributed by atoms with Crippen LogP contribution in [0.5, 0.6) is 0 Å². The van der Waals surface area contributed by atoms with E-state index in [1.54, 1.807) is 31.3 Å². The van der Waals surface area contributed by atoms with E-state index in [2.05, 4.69) is 0 Å². The lowest BCUT2D eigenvalue weighted by molar-refractivity contribution is 0.0992. The van der Waals surface area contributed by atoms with Crippen LogP contribution in [0.15, 0.2) is 41.0 Å². The van der Waals surface area contributed by atoms with Crippen molar-refractivity contribution in [3.05, 3.63) is 52.9 Å². The molecule has 98 valence electrons. The first-order valence-corrected chi connectivity index (χ1v) is 6.20. The Labute approximate surface area is 120 Å². The van der Waals surface area contributed by atoms with Crippen LogP contribution in [0.4, 0.5) is 5.69 Å². The summed E-state index contributed by atoms with van der Waals surface area (Å²) in [5.41, 5.74) is 7.25. The average Bonchev–Trinajstić information content (AvgIpc) is 2.83. The van der Waals surface area contributed by atoms with Crippen molar-refractivity contribution in [3.8, 4) is 0 Å². The number of thiocarbonyl (C=S) groups is 1. The number of hydrogen-bond acceptors (Lipinski definition) is 3. The van der Waals surface area contributed by atoms with Crippen LogP contribution in [-0.2, 0) is 0 Å². The molecule has 6 heteroatoms. The smallest absolute Gasteiger partial charge is 0.262 e. The lowest BCUT2D eigenvalue weighted by Crippen LogP contribution is -2.26. The molecule has 0 aliphatic carbocycles. The van der Waals surface area contributed by atoms with Gasteiger partial charge in [0.2, 0.25) is 5.22 Å². The lowest BCUT2D eigenvalue weighted by atomic mass is 10.2. The summed E-state index contributed by atoms with van der Waals surface area (Å²) in [4.78, 5) is 14.0. The summed E-state index contributed by atoms with van der Waals surface area (Å²) in [6, 6.07) is 8.63. The monoisotopic (exact) mass is 294 g/mol. The Hall–Kier alpha value is -1.85. The fourth-order valence-corrected chi connectivity index (χ4v) is 1.93. The van der Waals surface area contributed by atoms with E-state index < -0.39 is 0 Å². The van der Waals surface area contributed by atoms with Crippen LogP contribution in [0.25, 0.3) is 0 Å². The molecule has 4 nitrogen and oxygen atoms in total. The predicted molar refractivity (Wildman–Crippen MR) is 78.8 cm³/mol. The molecule has 2 rings (SSSR count). The third kappa shape index (κ3) is 2.77. The molecule has 2 N–H and O–H groups in total. The van der Waals surface area contributed by atoms with Gasteiger partial charge in [-0.05, 0) is 29.8 Å². The van der Waals surface area contributed by atoms with Crippen molar-refractivity contribution in [1.82, 2.24) is 0 Å². The van der Waals surface area contributed by atoms with Gasteiger partial charge >= 0.3 is 0 Å². The van der Waals surface area contributed by atoms with Gasteiger partial charge < -0.3 is 15.1 Å². The number of hydrogen-bond donors (Lipinski definition) is 1. The van der Waals surface area contributed by atoms with E-state index >= 15 is 0 Å². The number of furan rings is 1. The highest BCUT2D eigenvalue weighted by atomic mass is 35.5. The molecule has 0 bridgehead atoms. The number of nitrogens with zero attached hydrogens (tertiary/aromatic N) is 1. The minimum absolute atomic E-state index is 0.0716. The van der Waals surface area contributed by atoms with Gasteiger partial charge in [0.25, 0.3) is 5.91 Å². The van der Waals surface area contributed by atoms with Crippen LogP contribution in [0.2, 0.25) is 5.22 Å². The highest BCUT2D eigenvalue weighted by Crippen LogP contribution is 2.22. The highest BCUT2D eigenvalue weighted by molar-refractivity contribution is 7.80. The Morgan fingerprint density at radius 3 is 2.74 bits per heavy atom. The van der Waals surface area contributed by atoms with E-state index in [4.69, 9.17) is 34.0 Å². The average molecular weight is 295 g/mol. The number of anilines is 1. The summed E-state index contributed by atoms with van der Waals surface area (Å²) in [6.45, 7) is 0. The predicted octanol–water partition coefficient (Wildman–Crippen LogP) is 2.84. The van der Waals surface area contributed by atoms with Gasteiger partial charge in [-0.1, -0.05) is 24.4 Å². The molecule has 19 heavy (non-hydrogen) atoms. The van der Waals surface area contributed by atoms with Crippen molar-refractivity contribution >= 4 is 40.4 Å². The second kappa shape index (κ2) is 5.42. The molecule has 0 saturated carbocycles. The van der Waals surface area contributed by atoms with E-state index in [1.807, 2.05) is 0 Å². The second-order valence-corrected chi connectivity index (χ2v) is 4.67. The van der Waals surface area contributed by atoms with Crippen molar-refractivity contribution in [1.29, 1.82) is 0 Å². The molecule has 1 aromatic heterocycles. The van der Waals surface area contributed by atoms with Crippen molar-refractivity contribution in [2.24, 2.45) is 5.73 Å². The SMILES string of the molecule is CN(C(=O)c1ccoc1Cl)c1cccc(C(N)=S)c1. The number of amides is 1. The van der Waals surface area contributed by atoms with Gasteiger partial charge in [-0.15, -0.1) is 0 Å². The van der Waals surface area contributed by atoms with E-state index in [-0.39, 0.29) is 16.1 Å². The summed E-state index contributed by atoms with van der Waals surface area (Å²) in [5.74, 6) is -0.265. The van der Waals surface area contributed by atoms with Gasteiger partial charge in [-0.2, -0.15) is 0 Å². The first kappa shape index (κ1) is 13.6. The molecule has 0 atom stereocenters. The normalized spacial score (nSPS) is 10.2. The third-order valence-corrected chi connectivity index (χ3v) is 3.20. The number of benzene rings is 1. The van der Waals surface area contributed by atoms with Crippen LogP contribution in [0.1, 0.15) is 15.9 Å². The van der Waals surface area contributed by atoms with Crippen LogP contribution in [0, 0.1) is 0 Å². The Kier molecular flexibility index (Phi) is 3.87. The first-order valence-electron chi connectivity index (χ1n) is 5.41. The molecule has 2 aromatic rings. The van der Waals surface area contributed by atoms with Gasteiger partial charge in [-0.25, -0.2) is 0 Å². The summed E-state index contributed by atoms with van der Waals surface area (Å²) < 4.78 is 4.91. The van der Waals surface area contributed by atoms with Gasteiger partial charge in [0.15, 0.2) is 0 Å². The zero-order valence-electron chi connectivity index (χ0n) is 10.1. The number of carbonyl (C=O) groups is 1. The van der Waals surface area contributed by atoms with Crippen LogP contribution < -0.4 is 10.6 Å². The molecular weight excluding hydrogens is 284 g/mol. The zero-order chi connectivity index (χ0) is 14.0. The van der Waals surface area contributed by atoms with Crippen molar-refractivity contribution < 1.29 is 9.21 Å². The molecule has 1 heterocycles. The Morgan fingerprint density at radius 1 is 1.42 bits per heavy atom. The Balaban J connectivity index is 2.32. The largest absolute Gasteiger partial charge is 0.452 e. The number of nitrogens with two attached hydrogens (primary N) is 1. The maximum Gasteiger partial charge on any atom is 0.262 e. The van der Waals surface area contributed by atoms with Gasteiger partial charge in [0, 0.05) is 18.3 Å². The van der Waals surface area contributed by atoms with Crippen LogP contribution >= 0.6 is 23.8 Å². The molecule has 1 amide bonds. The zero-order valence-corrected chi connectivity index (χ0v) is 11.7. The summed E-state index contributed by atoms with van der Waals surface area (Å²) in [5, 5.41) is 0.0716. The molecule has 0 unspecified atom stereocenters. The Bertz CT molecular complexity index is 639. The molecule has 0 fully saturated rings. The molecule has 0 radical (unpaired) electrons. The Morgan fingerprint density at radius 2 is 2.16 bits per heavy atom. The van der Waals surface area contributed by atoms with Gasteiger partial charge in [0.05, 0.1) is 11.8 Å². The van der Waals surface area contributed by atoms with E-state index in [0.717, 1.165) is 0 Å². The van der Waals surface area contributed by atoms with Gasteiger partial charge in [-0.3, -0.25) is 4.79 Å². The van der Waals surface area contributed by atoms with E-state index in [9.17, 15) is 4.79 Å². The summed E-state index contributed by atoms with van der Waals surface area (Å²) in [6.07, 6.45) is 1.37. The fourth-order valence-electron chi connectivity index (χ4n) is 1.61. The van der Waals surface area contributed by atoms with Crippen LogP contribution in [0.3, 0.4) is 0 Å². The molecule has 0 aliphatic rings. The lowest BCUT2D eigenvalue weighted by Gasteiger charge is -2.17. The summed E-state index contributed by atoms with van der Waals surface area (Å²) >= 11 is 10.7. The van der Waals surface area contributed by atoms with Crippen molar-refractivity contribution in [2.45, 2.75) is 0 Å². The number of halogens is 1. The number of carbonyl (C=O) groups excluding carboxylic acids is 1. The summed E-state index contributed by atoms with van der Waals surface area (Å²) in [7, 11) is 1.64. The quantitative estimate of drug-likeness (QED) is 0.884. The fraction of sp³-hybridized carbons (Fsp3) is 0.0769. The maximum atomic E-state index is 12.2. The molecule has 0 saturated heterocycles. The highest BCUT2D eigenvalue weighted by Gasteiger charge is 2.18. The topological polar surface area (TPSA) is 59.5 Å². The van der Waals surface area contributed by atoms with Crippen molar-refractivity contribution in [2.75, 3.05) is 11.9 Å². The minimum Gasteiger partial charge on any atom is -0.452 e. The molecular formula is C13H11ClN2O2S. The molecule has 1 aromatic carbocycles. The van der Waals surface area contributed by atoms with E-state index in [1.165, 1.54) is 17.2 Å². The van der Waals surface area contributed by atoms with E-state index in [0.29, 0.717) is 16.8 Å². The van der Waals surface area contributed by atoms with Gasteiger partial charge in [0.1, 0.15) is 4.99 Å². The maximum absolute atomic E-state index is 12.2. The van der Waals surface area contributed by atoms with Crippen molar-refractivity contribution in [3.63, 3.8) is 0 Å². The number of rotatable bonds is 3. The minimum atomic E-state index is -0.265. The molecule has 0 aliphatic heterocycles. The first-order chi connectivity index (χ1) is 9.00. The molecule has 0 spiro atoms. The second-order valence-electron chi connectivity index (χ2n) is 3.89. The van der Waals surface area contributed by atoms with Crippen LogP contribution in [-0.4, -0.2) is 17.9 Å².